The van der Waals surface area contributed by atoms with E-state index in [1.807, 2.05) is 31.2 Å². The normalized spacial score (nSPS) is 21.7. The number of aryl methyl sites for hydroxylation is 1. The third kappa shape index (κ3) is 14.8. The molecular formula is C41H67N4O9P. The number of phosphoric acid groups is 1. The topological polar surface area (TPSA) is 180 Å². The van der Waals surface area contributed by atoms with Gasteiger partial charge in [-0.3, -0.25) is 9.05 Å². The molecule has 0 bridgehead atoms. The van der Waals surface area contributed by atoms with Crippen molar-refractivity contribution in [1.29, 1.82) is 0 Å². The van der Waals surface area contributed by atoms with E-state index in [9.17, 15) is 19.7 Å². The van der Waals surface area contributed by atoms with E-state index in [0.29, 0.717) is 17.8 Å². The van der Waals surface area contributed by atoms with Crippen molar-refractivity contribution in [2.24, 2.45) is 0 Å². The van der Waals surface area contributed by atoms with Crippen LogP contribution in [0, 0.1) is 6.92 Å². The van der Waals surface area contributed by atoms with Gasteiger partial charge in [-0.2, -0.15) is 5.10 Å². The molecule has 1 saturated heterocycles. The maximum Gasteiger partial charge on any atom is 0.472 e. The van der Waals surface area contributed by atoms with Crippen molar-refractivity contribution in [2.75, 3.05) is 32.2 Å². The summed E-state index contributed by atoms with van der Waals surface area (Å²) in [6.45, 7) is 6.10. The average molecular weight is 791 g/mol. The highest BCUT2D eigenvalue weighted by atomic mass is 31.2. The predicted octanol–water partition coefficient (Wildman–Crippen LogP) is 7.95. The van der Waals surface area contributed by atoms with Gasteiger partial charge in [0.25, 0.3) is 0 Å². The van der Waals surface area contributed by atoms with Crippen molar-refractivity contribution in [3.05, 3.63) is 59.5 Å². The van der Waals surface area contributed by atoms with E-state index in [-0.39, 0.29) is 25.6 Å². The number of fused-ring (bicyclic) bond motifs is 1. The molecule has 1 aliphatic rings. The number of hydrogen-bond acceptors (Lipinski definition) is 11. The molecule has 0 aliphatic carbocycles. The number of rotatable bonds is 29. The largest absolute Gasteiger partial charge is 0.472 e. The lowest BCUT2D eigenvalue weighted by atomic mass is 9.93. The van der Waals surface area contributed by atoms with Crippen LogP contribution in [0.15, 0.2) is 42.7 Å². The minimum Gasteiger partial charge on any atom is -0.387 e. The first kappa shape index (κ1) is 45.3. The fraction of sp³-hybridized carbons (Fsp3) is 0.707. The van der Waals surface area contributed by atoms with Gasteiger partial charge in [0.2, 0.25) is 0 Å². The number of nitrogens with zero attached hydrogens (tertiary/aromatic N) is 3. The lowest BCUT2D eigenvalue weighted by Crippen LogP contribution is -2.39. The van der Waals surface area contributed by atoms with Crippen LogP contribution in [0.2, 0.25) is 0 Å². The second kappa shape index (κ2) is 23.7. The van der Waals surface area contributed by atoms with E-state index >= 15 is 0 Å². The lowest BCUT2D eigenvalue weighted by Gasteiger charge is -2.27. The molecule has 0 radical (unpaired) electrons. The zero-order chi connectivity index (χ0) is 39.5. The molecule has 14 heteroatoms. The summed E-state index contributed by atoms with van der Waals surface area (Å²) in [6, 6.07) is 11.3. The van der Waals surface area contributed by atoms with Gasteiger partial charge in [0.15, 0.2) is 5.82 Å². The van der Waals surface area contributed by atoms with E-state index in [4.69, 9.17) is 29.0 Å². The van der Waals surface area contributed by atoms with Crippen LogP contribution in [0.3, 0.4) is 0 Å². The van der Waals surface area contributed by atoms with Crippen molar-refractivity contribution < 1.29 is 42.9 Å². The van der Waals surface area contributed by atoms with Crippen LogP contribution in [-0.4, -0.2) is 80.5 Å². The summed E-state index contributed by atoms with van der Waals surface area (Å²) in [7, 11) is -4.62. The highest BCUT2D eigenvalue weighted by molar-refractivity contribution is 7.47. The van der Waals surface area contributed by atoms with E-state index in [2.05, 4.69) is 17.0 Å². The zero-order valence-electron chi connectivity index (χ0n) is 33.4. The lowest BCUT2D eigenvalue weighted by molar-refractivity contribution is -0.0901. The summed E-state index contributed by atoms with van der Waals surface area (Å²) in [5, 5.41) is 26.0. The summed E-state index contributed by atoms with van der Waals surface area (Å²) in [5.74, 6) is 0.239. The number of aromatic nitrogens is 3. The summed E-state index contributed by atoms with van der Waals surface area (Å²) >= 11 is 0. The van der Waals surface area contributed by atoms with E-state index in [1.54, 1.807) is 19.1 Å². The van der Waals surface area contributed by atoms with Gasteiger partial charge in [0.1, 0.15) is 41.9 Å². The highest BCUT2D eigenvalue weighted by Gasteiger charge is 2.54. The number of phosphoric ester groups is 1. The molecule has 0 saturated carbocycles. The molecule has 1 fully saturated rings. The Kier molecular flexibility index (Phi) is 19.5. The molecule has 5 N–H and O–H groups in total. The molecule has 2 aromatic heterocycles. The van der Waals surface area contributed by atoms with Crippen LogP contribution in [0.1, 0.15) is 133 Å². The number of benzene rings is 1. The summed E-state index contributed by atoms with van der Waals surface area (Å²) in [6.07, 6.45) is 17.5. The fourth-order valence-corrected chi connectivity index (χ4v) is 7.81. The Labute approximate surface area is 327 Å². The summed E-state index contributed by atoms with van der Waals surface area (Å²) < 4.78 is 43.1. The van der Waals surface area contributed by atoms with Crippen LogP contribution in [0.25, 0.3) is 5.52 Å². The Morgan fingerprint density at radius 1 is 0.873 bits per heavy atom. The first-order valence-electron chi connectivity index (χ1n) is 20.5. The molecule has 0 spiro atoms. The molecule has 2 unspecified atom stereocenters. The molecule has 55 heavy (non-hydrogen) atoms. The molecule has 3 aromatic rings. The second-order valence-electron chi connectivity index (χ2n) is 15.2. The van der Waals surface area contributed by atoms with Gasteiger partial charge in [-0.1, -0.05) is 133 Å². The van der Waals surface area contributed by atoms with E-state index in [0.717, 1.165) is 24.0 Å². The number of aliphatic hydroxyl groups excluding tert-OH is 2. The zero-order valence-corrected chi connectivity index (χ0v) is 34.3. The van der Waals surface area contributed by atoms with Crippen molar-refractivity contribution in [3.63, 3.8) is 0 Å². The number of anilines is 1. The third-order valence-corrected chi connectivity index (χ3v) is 11.5. The van der Waals surface area contributed by atoms with Crippen LogP contribution < -0.4 is 5.73 Å². The third-order valence-electron chi connectivity index (χ3n) is 10.5. The Hall–Kier alpha value is -2.45. The van der Waals surface area contributed by atoms with Gasteiger partial charge in [-0.25, -0.2) is 14.1 Å². The molecule has 0 amide bonds. The van der Waals surface area contributed by atoms with Gasteiger partial charge in [-0.15, -0.1) is 0 Å². The van der Waals surface area contributed by atoms with Crippen LogP contribution >= 0.6 is 7.82 Å². The minimum atomic E-state index is -4.62. The summed E-state index contributed by atoms with van der Waals surface area (Å²) in [4.78, 5) is 14.6. The van der Waals surface area contributed by atoms with Crippen molar-refractivity contribution >= 4 is 19.2 Å². The molecule has 1 aliphatic heterocycles. The molecule has 6 atom stereocenters. The van der Waals surface area contributed by atoms with Gasteiger partial charge in [0.05, 0.1) is 32.1 Å². The maximum atomic E-state index is 13.0. The van der Waals surface area contributed by atoms with Crippen LogP contribution in [0.4, 0.5) is 5.82 Å². The number of nitrogen functional groups attached to an aromatic ring is 1. The minimum absolute atomic E-state index is 0.180. The Morgan fingerprint density at radius 2 is 1.47 bits per heavy atom. The van der Waals surface area contributed by atoms with Crippen molar-refractivity contribution in [1.82, 2.24) is 14.6 Å². The fourth-order valence-electron chi connectivity index (χ4n) is 7.05. The van der Waals surface area contributed by atoms with Crippen LogP contribution in [0.5, 0.6) is 0 Å². The van der Waals surface area contributed by atoms with Gasteiger partial charge in [-0.05, 0) is 38.0 Å². The monoisotopic (exact) mass is 790 g/mol. The first-order chi connectivity index (χ1) is 26.5. The second-order valence-corrected chi connectivity index (χ2v) is 16.7. The smallest absolute Gasteiger partial charge is 0.387 e. The number of aliphatic hydroxyl groups is 2. The number of hydrogen-bond donors (Lipinski definition) is 4. The SMILES string of the molecule is CCCCCCCCCCCCCCCCCCOC[C@H](COP(=O)(O)OCC1O[C@@](C)(c2ccc3c(N)ncnn23)[C@H](O)[C@@H]1O)OCc1ccc(C)cc1. The highest BCUT2D eigenvalue weighted by Crippen LogP contribution is 2.46. The Balaban J connectivity index is 1.15. The van der Waals surface area contributed by atoms with Gasteiger partial charge in [0, 0.05) is 6.61 Å². The molecule has 310 valence electrons. The number of unbranched alkanes of at least 4 members (excludes halogenated alkanes) is 15. The van der Waals surface area contributed by atoms with E-state index < -0.39 is 44.4 Å². The van der Waals surface area contributed by atoms with Gasteiger partial charge >= 0.3 is 7.82 Å². The molecule has 3 heterocycles. The van der Waals surface area contributed by atoms with Gasteiger partial charge < -0.3 is 35.1 Å². The summed E-state index contributed by atoms with van der Waals surface area (Å²) in [5.41, 5.74) is 7.54. The van der Waals surface area contributed by atoms with Crippen LogP contribution in [-0.2, 0) is 40.0 Å². The molecule has 4 rings (SSSR count). The Morgan fingerprint density at radius 3 is 2.09 bits per heavy atom. The first-order valence-corrected chi connectivity index (χ1v) is 22.0. The predicted molar refractivity (Wildman–Crippen MR) is 213 cm³/mol. The molecular weight excluding hydrogens is 723 g/mol. The maximum absolute atomic E-state index is 13.0. The van der Waals surface area contributed by atoms with Crippen molar-refractivity contribution in [3.8, 4) is 0 Å². The number of ether oxygens (including phenoxy) is 3. The van der Waals surface area contributed by atoms with Crippen molar-refractivity contribution in [2.45, 2.75) is 160 Å². The Bertz CT molecular complexity index is 1560. The molecule has 13 nitrogen and oxygen atoms in total. The quantitative estimate of drug-likeness (QED) is 0.0394. The molecule has 1 aromatic carbocycles. The number of nitrogens with two attached hydrogens (primary N) is 1. The average Bonchev–Trinajstić information content (AvgIpc) is 3.71. The van der Waals surface area contributed by atoms with E-state index in [1.165, 1.54) is 101 Å². The standard InChI is InChI=1S/C41H67N4O9P/c1-4-5-6-7-8-9-10-11-12-13-14-15-16-17-18-19-26-50-28-34(51-27-33-22-20-32(2)21-23-33)29-52-55(48,49)53-30-36-38(46)39(47)41(3,54-36)37-25-24-35-40(42)43-31-44-45(35)37/h20-25,31,34,36,38-39,46-47H,4-19,26-30H2,1-3H3,(H,48,49)(H2,42,43,44)/t34-,36?,38-,39-,41+/m1/s1.